The fourth-order valence-electron chi connectivity index (χ4n) is 3.57. The number of likely N-dealkylation sites (tertiary alicyclic amines) is 1. The molecule has 1 fully saturated rings. The molecule has 0 spiro atoms. The van der Waals surface area contributed by atoms with Crippen molar-refractivity contribution >= 4 is 18.4 Å². The number of hydrogen-bond donors (Lipinski definition) is 0. The van der Waals surface area contributed by atoms with E-state index < -0.39 is 0 Å². The van der Waals surface area contributed by atoms with Gasteiger partial charge >= 0.3 is 5.97 Å². The van der Waals surface area contributed by atoms with Crippen LogP contribution in [-0.4, -0.2) is 43.7 Å². The number of nitrogens with zero attached hydrogens (tertiary/aromatic N) is 1. The van der Waals surface area contributed by atoms with E-state index in [-0.39, 0.29) is 24.3 Å². The summed E-state index contributed by atoms with van der Waals surface area (Å²) in [5.41, 5.74) is 2.31. The minimum atomic E-state index is -0.0296. The van der Waals surface area contributed by atoms with Gasteiger partial charge in [-0.15, -0.1) is 12.4 Å². The lowest BCUT2D eigenvalue weighted by molar-refractivity contribution is -0.149. The Kier molecular flexibility index (Phi) is 9.32. The van der Waals surface area contributed by atoms with Crippen molar-refractivity contribution in [3.05, 3.63) is 54.6 Å². The zero-order chi connectivity index (χ0) is 18.9. The van der Waals surface area contributed by atoms with Crippen LogP contribution in [0.2, 0.25) is 0 Å². The molecule has 1 saturated heterocycles. The van der Waals surface area contributed by atoms with Crippen LogP contribution in [0.3, 0.4) is 0 Å². The summed E-state index contributed by atoms with van der Waals surface area (Å²) in [4.78, 5) is 14.2. The highest BCUT2D eigenvalue weighted by molar-refractivity contribution is 5.85. The lowest BCUT2D eigenvalue weighted by Crippen LogP contribution is -2.37. The molecular weight excluding hydrogens is 374 g/mol. The number of halogens is 1. The second-order valence-electron chi connectivity index (χ2n) is 6.93. The molecule has 5 heteroatoms. The number of piperidine rings is 1. The van der Waals surface area contributed by atoms with E-state index in [4.69, 9.17) is 9.47 Å². The molecule has 1 aliphatic rings. The number of para-hydroxylation sites is 1. The maximum atomic E-state index is 11.8. The normalized spacial score (nSPS) is 14.9. The van der Waals surface area contributed by atoms with Crippen LogP contribution in [0.15, 0.2) is 54.6 Å². The van der Waals surface area contributed by atoms with Crippen molar-refractivity contribution in [1.29, 1.82) is 0 Å². The minimum Gasteiger partial charge on any atom is -0.493 e. The van der Waals surface area contributed by atoms with Gasteiger partial charge in [-0.3, -0.25) is 4.79 Å². The number of ether oxygens (including phenoxy) is 2. The van der Waals surface area contributed by atoms with Gasteiger partial charge in [0, 0.05) is 12.1 Å². The number of rotatable bonds is 8. The highest BCUT2D eigenvalue weighted by Gasteiger charge is 2.25. The molecule has 28 heavy (non-hydrogen) atoms. The number of esters is 1. The zero-order valence-electron chi connectivity index (χ0n) is 16.5. The first kappa shape index (κ1) is 22.3. The van der Waals surface area contributed by atoms with Crippen LogP contribution in [-0.2, 0) is 9.53 Å². The zero-order valence-corrected chi connectivity index (χ0v) is 17.3. The summed E-state index contributed by atoms with van der Waals surface area (Å²) in [7, 11) is 0. The molecule has 0 saturated carbocycles. The summed E-state index contributed by atoms with van der Waals surface area (Å²) in [6.45, 7) is 5.96. The molecule has 0 atom stereocenters. The smallest absolute Gasteiger partial charge is 0.309 e. The molecule has 0 radical (unpaired) electrons. The topological polar surface area (TPSA) is 38.8 Å². The molecule has 0 N–H and O–H groups in total. The van der Waals surface area contributed by atoms with Crippen LogP contribution in [0, 0.1) is 5.92 Å². The summed E-state index contributed by atoms with van der Waals surface area (Å²) in [6, 6.07) is 18.5. The van der Waals surface area contributed by atoms with E-state index in [1.165, 1.54) is 5.56 Å². The highest BCUT2D eigenvalue weighted by atomic mass is 35.5. The Balaban J connectivity index is 0.00000280. The predicted molar refractivity (Wildman–Crippen MR) is 115 cm³/mol. The lowest BCUT2D eigenvalue weighted by Gasteiger charge is -2.30. The minimum absolute atomic E-state index is 0. The molecule has 0 unspecified atom stereocenters. The maximum Gasteiger partial charge on any atom is 0.309 e. The third-order valence-corrected chi connectivity index (χ3v) is 5.06. The van der Waals surface area contributed by atoms with Gasteiger partial charge in [0.05, 0.1) is 19.1 Å². The Bertz CT molecular complexity index is 715. The van der Waals surface area contributed by atoms with Gasteiger partial charge in [-0.1, -0.05) is 48.5 Å². The van der Waals surface area contributed by atoms with Crippen molar-refractivity contribution in [3.8, 4) is 16.9 Å². The number of benzene rings is 2. The first-order valence-corrected chi connectivity index (χ1v) is 9.94. The largest absolute Gasteiger partial charge is 0.493 e. The number of carbonyl (C=O) groups excluding carboxylic acids is 1. The Morgan fingerprint density at radius 3 is 2.43 bits per heavy atom. The molecule has 0 aromatic heterocycles. The van der Waals surface area contributed by atoms with E-state index in [2.05, 4.69) is 23.1 Å². The summed E-state index contributed by atoms with van der Waals surface area (Å²) in [6.07, 6.45) is 2.78. The Hall–Kier alpha value is -2.04. The average Bonchev–Trinajstić information content (AvgIpc) is 2.73. The molecule has 0 aliphatic carbocycles. The number of carbonyl (C=O) groups is 1. The van der Waals surface area contributed by atoms with Crippen molar-refractivity contribution in [2.75, 3.05) is 32.8 Å². The van der Waals surface area contributed by atoms with Crippen molar-refractivity contribution in [3.63, 3.8) is 0 Å². The van der Waals surface area contributed by atoms with Crippen LogP contribution in [0.4, 0.5) is 0 Å². The molecule has 2 aromatic carbocycles. The van der Waals surface area contributed by atoms with Gasteiger partial charge in [-0.25, -0.2) is 0 Å². The average molecular weight is 404 g/mol. The van der Waals surface area contributed by atoms with Gasteiger partial charge in [0.25, 0.3) is 0 Å². The van der Waals surface area contributed by atoms with Crippen LogP contribution < -0.4 is 4.74 Å². The Labute approximate surface area is 174 Å². The molecule has 0 bridgehead atoms. The highest BCUT2D eigenvalue weighted by Crippen LogP contribution is 2.29. The van der Waals surface area contributed by atoms with E-state index in [1.807, 2.05) is 43.3 Å². The predicted octanol–water partition coefficient (Wildman–Crippen LogP) is 4.82. The fraction of sp³-hybridized carbons (Fsp3) is 0.435. The quantitative estimate of drug-likeness (QED) is 0.468. The monoisotopic (exact) mass is 403 g/mol. The number of hydrogen-bond acceptors (Lipinski definition) is 4. The maximum absolute atomic E-state index is 11.8. The van der Waals surface area contributed by atoms with E-state index in [1.54, 1.807) is 0 Å². The van der Waals surface area contributed by atoms with E-state index >= 15 is 0 Å². The van der Waals surface area contributed by atoms with Gasteiger partial charge < -0.3 is 14.4 Å². The second kappa shape index (κ2) is 11.7. The molecule has 1 aliphatic heterocycles. The first-order chi connectivity index (χ1) is 13.3. The van der Waals surface area contributed by atoms with E-state index in [0.717, 1.165) is 50.2 Å². The van der Waals surface area contributed by atoms with Gasteiger partial charge in [-0.2, -0.15) is 0 Å². The molecular formula is C23H30ClNO3. The van der Waals surface area contributed by atoms with E-state index in [0.29, 0.717) is 13.2 Å². The van der Waals surface area contributed by atoms with Crippen molar-refractivity contribution in [2.24, 2.45) is 5.92 Å². The Morgan fingerprint density at radius 2 is 1.71 bits per heavy atom. The first-order valence-electron chi connectivity index (χ1n) is 9.94. The summed E-state index contributed by atoms with van der Waals surface area (Å²) >= 11 is 0. The van der Waals surface area contributed by atoms with Crippen molar-refractivity contribution in [1.82, 2.24) is 4.90 Å². The van der Waals surface area contributed by atoms with Gasteiger partial charge in [0.2, 0.25) is 0 Å². The SMILES string of the molecule is CCOC(=O)C1CCN(CCCOc2ccccc2-c2ccccc2)CC1.Cl. The summed E-state index contributed by atoms with van der Waals surface area (Å²) in [5, 5.41) is 0. The van der Waals surface area contributed by atoms with Crippen LogP contribution in [0.1, 0.15) is 26.2 Å². The van der Waals surface area contributed by atoms with Crippen molar-refractivity contribution in [2.45, 2.75) is 26.2 Å². The fourth-order valence-corrected chi connectivity index (χ4v) is 3.57. The summed E-state index contributed by atoms with van der Waals surface area (Å²) in [5.74, 6) is 0.984. The molecule has 3 rings (SSSR count). The molecule has 4 nitrogen and oxygen atoms in total. The van der Waals surface area contributed by atoms with Crippen LogP contribution >= 0.6 is 12.4 Å². The Morgan fingerprint density at radius 1 is 1.04 bits per heavy atom. The van der Waals surface area contributed by atoms with Crippen molar-refractivity contribution < 1.29 is 14.3 Å². The molecule has 0 amide bonds. The van der Waals surface area contributed by atoms with E-state index in [9.17, 15) is 4.79 Å². The lowest BCUT2D eigenvalue weighted by atomic mass is 9.97. The van der Waals surface area contributed by atoms with Gasteiger partial charge in [-0.05, 0) is 50.9 Å². The van der Waals surface area contributed by atoms with Crippen LogP contribution in [0.5, 0.6) is 5.75 Å². The summed E-state index contributed by atoms with van der Waals surface area (Å²) < 4.78 is 11.2. The van der Waals surface area contributed by atoms with Crippen LogP contribution in [0.25, 0.3) is 11.1 Å². The third kappa shape index (κ3) is 6.25. The second-order valence-corrected chi connectivity index (χ2v) is 6.93. The molecule has 152 valence electrons. The molecule has 1 heterocycles. The molecule has 2 aromatic rings. The van der Waals surface area contributed by atoms with Gasteiger partial charge in [0.15, 0.2) is 0 Å². The van der Waals surface area contributed by atoms with Gasteiger partial charge in [0.1, 0.15) is 5.75 Å². The third-order valence-electron chi connectivity index (χ3n) is 5.06. The standard InChI is InChI=1S/C23H29NO3.ClH/c1-2-26-23(25)20-13-16-24(17-14-20)15-8-18-27-22-12-7-6-11-21(22)19-9-4-3-5-10-19;/h3-7,9-12,20H,2,8,13-18H2,1H3;1H.